The van der Waals surface area contributed by atoms with Gasteiger partial charge in [-0.3, -0.25) is 9.59 Å². The van der Waals surface area contributed by atoms with Crippen LogP contribution in [0.4, 0.5) is 0 Å². The van der Waals surface area contributed by atoms with E-state index in [0.717, 1.165) is 29.2 Å². The van der Waals surface area contributed by atoms with Gasteiger partial charge in [0, 0.05) is 34.8 Å². The number of aryl methyl sites for hydroxylation is 1. The van der Waals surface area contributed by atoms with Gasteiger partial charge in [-0.1, -0.05) is 0 Å². The number of Topliss-reactive ketones (excluding diaryl/α,β-unsaturated/α-hetero) is 1. The first-order valence-electron chi connectivity index (χ1n) is 6.32. The Morgan fingerprint density at radius 3 is 2.89 bits per heavy atom. The van der Waals surface area contributed by atoms with E-state index < -0.39 is 0 Å². The Morgan fingerprint density at radius 1 is 1.32 bits per heavy atom. The van der Waals surface area contributed by atoms with Crippen molar-refractivity contribution >= 4 is 17.1 Å². The van der Waals surface area contributed by atoms with Gasteiger partial charge in [0.25, 0.3) is 5.56 Å². The molecule has 0 saturated heterocycles. The normalized spacial score (nSPS) is 14.5. The molecule has 98 valence electrons. The Balaban J connectivity index is 2.07. The number of ketones is 1. The van der Waals surface area contributed by atoms with Gasteiger partial charge in [-0.2, -0.15) is 0 Å². The SMILES string of the molecule is Cc1csc(Cn2c3c(ccc2=O)C(=O)CCC3)n1. The average Bonchev–Trinajstić information content (AvgIpc) is 2.79. The number of pyridine rings is 1. The zero-order valence-corrected chi connectivity index (χ0v) is 11.5. The first kappa shape index (κ1) is 12.3. The minimum atomic E-state index is -0.0543. The highest BCUT2D eigenvalue weighted by Gasteiger charge is 2.21. The van der Waals surface area contributed by atoms with E-state index in [4.69, 9.17) is 0 Å². The fourth-order valence-electron chi connectivity index (χ4n) is 2.48. The van der Waals surface area contributed by atoms with E-state index in [-0.39, 0.29) is 11.3 Å². The van der Waals surface area contributed by atoms with Crippen LogP contribution in [0.1, 0.15) is 39.6 Å². The molecule has 0 aliphatic heterocycles. The molecule has 2 heterocycles. The van der Waals surface area contributed by atoms with E-state index >= 15 is 0 Å². The summed E-state index contributed by atoms with van der Waals surface area (Å²) < 4.78 is 1.70. The van der Waals surface area contributed by atoms with Crippen LogP contribution in [0.2, 0.25) is 0 Å². The Bertz CT molecular complexity index is 700. The highest BCUT2D eigenvalue weighted by atomic mass is 32.1. The summed E-state index contributed by atoms with van der Waals surface area (Å²) in [6, 6.07) is 3.16. The number of carbonyl (C=O) groups is 1. The summed E-state index contributed by atoms with van der Waals surface area (Å²) in [5.74, 6) is 0.144. The topological polar surface area (TPSA) is 52.0 Å². The second kappa shape index (κ2) is 4.74. The van der Waals surface area contributed by atoms with Crippen molar-refractivity contribution in [1.29, 1.82) is 0 Å². The van der Waals surface area contributed by atoms with Gasteiger partial charge in [0.1, 0.15) is 5.01 Å². The molecule has 3 rings (SSSR count). The molecule has 4 nitrogen and oxygen atoms in total. The number of fused-ring (bicyclic) bond motifs is 1. The van der Waals surface area contributed by atoms with Gasteiger partial charge in [0.15, 0.2) is 5.78 Å². The van der Waals surface area contributed by atoms with Crippen molar-refractivity contribution in [2.24, 2.45) is 0 Å². The molecular formula is C14H14N2O2S. The Kier molecular flexibility index (Phi) is 3.06. The van der Waals surface area contributed by atoms with Gasteiger partial charge in [0.05, 0.1) is 6.54 Å². The number of aromatic nitrogens is 2. The summed E-state index contributed by atoms with van der Waals surface area (Å²) in [5.41, 5.74) is 2.49. The van der Waals surface area contributed by atoms with Crippen LogP contribution in [0.3, 0.4) is 0 Å². The molecule has 2 aromatic rings. The van der Waals surface area contributed by atoms with Gasteiger partial charge in [-0.05, 0) is 25.8 Å². The van der Waals surface area contributed by atoms with Crippen molar-refractivity contribution in [1.82, 2.24) is 9.55 Å². The van der Waals surface area contributed by atoms with Crippen molar-refractivity contribution in [2.45, 2.75) is 32.7 Å². The number of hydrogen-bond donors (Lipinski definition) is 0. The van der Waals surface area contributed by atoms with Crippen molar-refractivity contribution < 1.29 is 4.79 Å². The lowest BCUT2D eigenvalue weighted by Crippen LogP contribution is -2.28. The fraction of sp³-hybridized carbons (Fsp3) is 0.357. The molecular weight excluding hydrogens is 260 g/mol. The van der Waals surface area contributed by atoms with Crippen LogP contribution in [-0.2, 0) is 13.0 Å². The molecule has 0 unspecified atom stereocenters. The molecule has 0 saturated carbocycles. The second-order valence-corrected chi connectivity index (χ2v) is 5.72. The molecule has 0 radical (unpaired) electrons. The van der Waals surface area contributed by atoms with Crippen LogP contribution in [0.5, 0.6) is 0 Å². The summed E-state index contributed by atoms with van der Waals surface area (Å²) >= 11 is 1.55. The van der Waals surface area contributed by atoms with Crippen LogP contribution in [-0.4, -0.2) is 15.3 Å². The third-order valence-electron chi connectivity index (χ3n) is 3.37. The molecule has 0 spiro atoms. The third kappa shape index (κ3) is 2.26. The van der Waals surface area contributed by atoms with Gasteiger partial charge in [-0.25, -0.2) is 4.98 Å². The summed E-state index contributed by atoms with van der Waals surface area (Å²) in [4.78, 5) is 28.3. The van der Waals surface area contributed by atoms with E-state index in [0.29, 0.717) is 18.5 Å². The van der Waals surface area contributed by atoms with Crippen LogP contribution in [0.15, 0.2) is 22.3 Å². The molecule has 2 aromatic heterocycles. The maximum atomic E-state index is 12.0. The van der Waals surface area contributed by atoms with Gasteiger partial charge in [0.2, 0.25) is 0 Å². The van der Waals surface area contributed by atoms with E-state index in [1.807, 2.05) is 12.3 Å². The Morgan fingerprint density at radius 2 is 2.16 bits per heavy atom. The molecule has 0 N–H and O–H groups in total. The van der Waals surface area contributed by atoms with E-state index in [1.54, 1.807) is 22.0 Å². The minimum Gasteiger partial charge on any atom is -0.305 e. The number of hydrogen-bond acceptors (Lipinski definition) is 4. The highest BCUT2D eigenvalue weighted by molar-refractivity contribution is 7.09. The fourth-order valence-corrected chi connectivity index (χ4v) is 3.24. The van der Waals surface area contributed by atoms with E-state index in [1.165, 1.54) is 6.07 Å². The van der Waals surface area contributed by atoms with E-state index in [2.05, 4.69) is 4.98 Å². The van der Waals surface area contributed by atoms with Crippen molar-refractivity contribution in [3.8, 4) is 0 Å². The maximum absolute atomic E-state index is 12.0. The minimum absolute atomic E-state index is 0.0543. The lowest BCUT2D eigenvalue weighted by Gasteiger charge is -2.19. The maximum Gasteiger partial charge on any atom is 0.251 e. The van der Waals surface area contributed by atoms with Crippen LogP contribution in [0, 0.1) is 6.92 Å². The summed E-state index contributed by atoms with van der Waals surface area (Å²) in [6.07, 6.45) is 2.20. The monoisotopic (exact) mass is 274 g/mol. The highest BCUT2D eigenvalue weighted by Crippen LogP contribution is 2.21. The number of rotatable bonds is 2. The van der Waals surface area contributed by atoms with Crippen molar-refractivity contribution in [3.05, 3.63) is 49.8 Å². The molecule has 0 fully saturated rings. The summed E-state index contributed by atoms with van der Waals surface area (Å²) in [5, 5.41) is 2.88. The molecule has 0 amide bonds. The smallest absolute Gasteiger partial charge is 0.251 e. The molecule has 1 aliphatic rings. The Labute approximate surface area is 114 Å². The predicted molar refractivity (Wildman–Crippen MR) is 73.9 cm³/mol. The van der Waals surface area contributed by atoms with Crippen LogP contribution in [0.25, 0.3) is 0 Å². The Hall–Kier alpha value is -1.75. The van der Waals surface area contributed by atoms with Crippen molar-refractivity contribution in [2.75, 3.05) is 0 Å². The number of carbonyl (C=O) groups excluding carboxylic acids is 1. The molecule has 0 aromatic carbocycles. The quantitative estimate of drug-likeness (QED) is 0.843. The first-order chi connectivity index (χ1) is 9.15. The van der Waals surface area contributed by atoms with Crippen LogP contribution >= 0.6 is 11.3 Å². The van der Waals surface area contributed by atoms with Crippen molar-refractivity contribution in [3.63, 3.8) is 0 Å². The number of nitrogens with zero attached hydrogens (tertiary/aromatic N) is 2. The van der Waals surface area contributed by atoms with Crippen LogP contribution < -0.4 is 5.56 Å². The number of thiazole rings is 1. The summed E-state index contributed by atoms with van der Waals surface area (Å²) in [7, 11) is 0. The molecule has 0 atom stereocenters. The molecule has 5 heteroatoms. The lowest BCUT2D eigenvalue weighted by molar-refractivity contribution is 0.0970. The average molecular weight is 274 g/mol. The molecule has 19 heavy (non-hydrogen) atoms. The third-order valence-corrected chi connectivity index (χ3v) is 4.32. The first-order valence-corrected chi connectivity index (χ1v) is 7.20. The van der Waals surface area contributed by atoms with Gasteiger partial charge in [-0.15, -0.1) is 11.3 Å². The zero-order valence-electron chi connectivity index (χ0n) is 10.7. The molecule has 1 aliphatic carbocycles. The molecule has 0 bridgehead atoms. The zero-order chi connectivity index (χ0) is 13.4. The predicted octanol–water partition coefficient (Wildman–Crippen LogP) is 2.18. The largest absolute Gasteiger partial charge is 0.305 e. The van der Waals surface area contributed by atoms with Gasteiger partial charge >= 0.3 is 0 Å². The standard InChI is InChI=1S/C14H14N2O2S/c1-9-8-19-13(15-9)7-16-11-3-2-4-12(17)10(11)5-6-14(16)18/h5-6,8H,2-4,7H2,1H3. The second-order valence-electron chi connectivity index (χ2n) is 4.78. The van der Waals surface area contributed by atoms with Gasteiger partial charge < -0.3 is 4.57 Å². The van der Waals surface area contributed by atoms with E-state index in [9.17, 15) is 9.59 Å². The summed E-state index contributed by atoms with van der Waals surface area (Å²) in [6.45, 7) is 2.40. The lowest BCUT2D eigenvalue weighted by atomic mass is 9.94.